The molecule has 0 fully saturated rings. The van der Waals surface area contributed by atoms with Gasteiger partial charge in [-0.25, -0.2) is 15.0 Å². The summed E-state index contributed by atoms with van der Waals surface area (Å²) in [6.45, 7) is 0. The third-order valence-electron chi connectivity index (χ3n) is 23.4. The highest BCUT2D eigenvalue weighted by Crippen LogP contribution is 2.45. The summed E-state index contributed by atoms with van der Waals surface area (Å²) in [5.74, 6) is 4.99. The standard InChI is InChI=1S/2C39H25N5O.C31H18N4O/c1-4-13-26(14-5-1)37-41-42-38(44(37)29-18-8-3-9-19-29)28-17-12-20-30(25-28)43-33-22-11-10-21-31(33)35-34(43)24-23-32-36(35)45-39(40-32)27-15-6-2-7-16-27;1-4-13-26(14-5-1)37-41-42-38(27-15-6-2-7-16-27)44(37)30-20-12-19-29(25-30)43-33-22-11-10-21-31(33)35-34(43)24-23-32-36(35)45-39(40-32)28-17-8-3-9-18-28;1-2-7-20(8-3-1)31-34-24-14-15-26-27(30(24)36-31)23-10-4-5-11-25(23)35(26)22-17-21-13-12-19-9-6-16-32-28(19)29(21)33-18-22/h2*1-25H;1-18H. The zero-order valence-corrected chi connectivity index (χ0v) is 67.2. The van der Waals surface area contributed by atoms with Crippen LogP contribution < -0.4 is 0 Å². The smallest absolute Gasteiger partial charge is 0.227 e. The molecule has 0 unspecified atom stereocenters. The summed E-state index contributed by atoms with van der Waals surface area (Å²) < 4.78 is 30.5. The van der Waals surface area contributed by atoms with Gasteiger partial charge in [-0.1, -0.05) is 255 Å². The van der Waals surface area contributed by atoms with Gasteiger partial charge in [0.2, 0.25) is 17.7 Å². The van der Waals surface area contributed by atoms with Crippen molar-refractivity contribution in [2.75, 3.05) is 0 Å². The first-order valence-corrected chi connectivity index (χ1v) is 41.6. The topological polar surface area (TPSA) is 180 Å². The van der Waals surface area contributed by atoms with Gasteiger partial charge in [0.15, 0.2) is 40.0 Å². The maximum Gasteiger partial charge on any atom is 0.227 e. The zero-order valence-electron chi connectivity index (χ0n) is 67.2. The van der Waals surface area contributed by atoms with Gasteiger partial charge in [0, 0.05) is 89.1 Å². The lowest BCUT2D eigenvalue weighted by molar-refractivity contribution is 0.622. The predicted molar refractivity (Wildman–Crippen MR) is 504 cm³/mol. The Morgan fingerprint density at radius 1 is 0.206 bits per heavy atom. The molecule has 126 heavy (non-hydrogen) atoms. The Balaban J connectivity index is 0.000000106. The lowest BCUT2D eigenvalue weighted by atomic mass is 10.1. The minimum absolute atomic E-state index is 0.617. The molecule has 26 aromatic rings. The number of pyridine rings is 2. The van der Waals surface area contributed by atoms with Gasteiger partial charge >= 0.3 is 0 Å². The molecule has 10 aromatic heterocycles. The molecule has 0 aliphatic heterocycles. The minimum Gasteiger partial charge on any atom is -0.435 e. The first-order chi connectivity index (χ1) is 62.5. The van der Waals surface area contributed by atoms with E-state index in [0.717, 1.165) is 211 Å². The van der Waals surface area contributed by atoms with E-state index in [4.69, 9.17) is 38.3 Å². The quantitative estimate of drug-likeness (QED) is 0.106. The zero-order chi connectivity index (χ0) is 83.1. The monoisotopic (exact) mass is 1620 g/mol. The summed E-state index contributed by atoms with van der Waals surface area (Å²) in [6.07, 6.45) is 3.75. The van der Waals surface area contributed by atoms with Crippen molar-refractivity contribution in [1.29, 1.82) is 0 Å². The molecule has 592 valence electrons. The Hall–Kier alpha value is -17.6. The molecular weight excluding hydrogens is 1550 g/mol. The molecule has 0 amide bonds. The second-order valence-corrected chi connectivity index (χ2v) is 30.9. The Labute approximate surface area is 718 Å². The molecule has 0 radical (unpaired) electrons. The maximum absolute atomic E-state index is 6.49. The summed E-state index contributed by atoms with van der Waals surface area (Å²) in [6, 6.07) is 136. The average molecular weight is 1620 g/mol. The van der Waals surface area contributed by atoms with Crippen molar-refractivity contribution in [2.24, 2.45) is 0 Å². The molecule has 0 aliphatic rings. The Morgan fingerprint density at radius 2 is 0.532 bits per heavy atom. The molecule has 0 saturated heterocycles. The van der Waals surface area contributed by atoms with Crippen molar-refractivity contribution in [3.05, 3.63) is 413 Å². The molecule has 0 bridgehead atoms. The van der Waals surface area contributed by atoms with Crippen molar-refractivity contribution in [1.82, 2.24) is 68.2 Å². The summed E-state index contributed by atoms with van der Waals surface area (Å²) >= 11 is 0. The number of nitrogens with zero attached hydrogens (tertiary/aromatic N) is 14. The molecule has 10 heterocycles. The largest absolute Gasteiger partial charge is 0.435 e. The summed E-state index contributed by atoms with van der Waals surface area (Å²) in [4.78, 5) is 23.9. The van der Waals surface area contributed by atoms with Gasteiger partial charge in [0.1, 0.15) is 16.6 Å². The molecule has 17 nitrogen and oxygen atoms in total. The summed E-state index contributed by atoms with van der Waals surface area (Å²) in [5.41, 5.74) is 25.0. The van der Waals surface area contributed by atoms with Crippen molar-refractivity contribution < 1.29 is 13.3 Å². The maximum atomic E-state index is 6.49. The number of benzene rings is 16. The van der Waals surface area contributed by atoms with Gasteiger partial charge < -0.3 is 27.0 Å². The molecule has 17 heteroatoms. The second-order valence-electron chi connectivity index (χ2n) is 30.9. The van der Waals surface area contributed by atoms with Crippen LogP contribution in [0.4, 0.5) is 0 Å². The summed E-state index contributed by atoms with van der Waals surface area (Å²) in [7, 11) is 0. The number of rotatable bonds is 12. The van der Waals surface area contributed by atoms with E-state index < -0.39 is 0 Å². The van der Waals surface area contributed by atoms with Crippen LogP contribution in [-0.4, -0.2) is 68.2 Å². The molecule has 16 aromatic carbocycles. The fourth-order valence-corrected chi connectivity index (χ4v) is 17.8. The molecule has 26 rings (SSSR count). The van der Waals surface area contributed by atoms with Gasteiger partial charge in [-0.2, -0.15) is 0 Å². The van der Waals surface area contributed by atoms with Crippen molar-refractivity contribution >= 4 is 121 Å². The van der Waals surface area contributed by atoms with Gasteiger partial charge in [0.25, 0.3) is 0 Å². The Morgan fingerprint density at radius 3 is 0.968 bits per heavy atom. The van der Waals surface area contributed by atoms with Crippen LogP contribution in [0.5, 0.6) is 0 Å². The number of aromatic nitrogens is 14. The molecular formula is C109H68N14O3. The van der Waals surface area contributed by atoms with E-state index in [-0.39, 0.29) is 0 Å². The van der Waals surface area contributed by atoms with Crippen LogP contribution in [0.1, 0.15) is 0 Å². The number of hydrogen-bond acceptors (Lipinski definition) is 12. The van der Waals surface area contributed by atoms with Crippen LogP contribution in [-0.2, 0) is 0 Å². The fourth-order valence-electron chi connectivity index (χ4n) is 17.8. The SMILES string of the molecule is c1ccc(-c2nc3ccc4c(c5ccccc5n4-c4cccc(-c5nnc(-c6ccccc6)n5-c5ccccc5)c4)c3o2)cc1.c1ccc(-c2nc3ccc4c(c5ccccc5n4-c4cccc(-n5c(-c6ccccc6)nnc5-c5ccccc5)c4)c3o2)cc1.c1ccc(-c2nc3ccc4c(c5ccccc5n4-c4cnc5c(ccc6cccnc65)c4)c3o2)cc1. The highest BCUT2D eigenvalue weighted by Gasteiger charge is 2.27. The van der Waals surface area contributed by atoms with Crippen molar-refractivity contribution in [2.45, 2.75) is 0 Å². The van der Waals surface area contributed by atoms with Crippen LogP contribution >= 0.6 is 0 Å². The lowest BCUT2D eigenvalue weighted by Gasteiger charge is -2.14. The highest BCUT2D eigenvalue weighted by molar-refractivity contribution is 6.22. The minimum atomic E-state index is 0.617. The normalized spacial score (nSPS) is 11.7. The molecule has 0 spiro atoms. The van der Waals surface area contributed by atoms with E-state index in [1.807, 2.05) is 200 Å². The molecule has 0 N–H and O–H groups in total. The molecule has 0 saturated carbocycles. The number of para-hydroxylation sites is 4. The van der Waals surface area contributed by atoms with Crippen molar-refractivity contribution in [3.8, 4) is 108 Å². The Bertz CT molecular complexity index is 8600. The van der Waals surface area contributed by atoms with Crippen LogP contribution in [0.25, 0.3) is 229 Å². The second kappa shape index (κ2) is 30.3. The van der Waals surface area contributed by atoms with Crippen molar-refractivity contribution in [3.63, 3.8) is 0 Å². The number of oxazole rings is 3. The van der Waals surface area contributed by atoms with E-state index in [0.29, 0.717) is 17.7 Å². The number of fused-ring (bicyclic) bond motifs is 18. The fraction of sp³-hybridized carbons (Fsp3) is 0. The van der Waals surface area contributed by atoms with E-state index in [1.54, 1.807) is 0 Å². The van der Waals surface area contributed by atoms with E-state index >= 15 is 0 Å². The Kier molecular flexibility index (Phi) is 17.4. The first kappa shape index (κ1) is 72.4. The van der Waals surface area contributed by atoms with E-state index in [9.17, 15) is 0 Å². The van der Waals surface area contributed by atoms with Gasteiger partial charge in [-0.05, 0) is 146 Å². The van der Waals surface area contributed by atoms with Crippen LogP contribution in [0.15, 0.2) is 426 Å². The molecule has 0 atom stereocenters. The van der Waals surface area contributed by atoms with Crippen LogP contribution in [0.3, 0.4) is 0 Å². The van der Waals surface area contributed by atoms with E-state index in [1.165, 1.54) is 0 Å². The third-order valence-corrected chi connectivity index (χ3v) is 23.4. The number of hydrogen-bond donors (Lipinski definition) is 0. The van der Waals surface area contributed by atoms with E-state index in [2.05, 4.69) is 255 Å². The molecule has 0 aliphatic carbocycles. The van der Waals surface area contributed by atoms with Gasteiger partial charge in [0.05, 0.1) is 77.9 Å². The predicted octanol–water partition coefficient (Wildman–Crippen LogP) is 26.7. The van der Waals surface area contributed by atoms with Gasteiger partial charge in [-0.3, -0.25) is 19.1 Å². The van der Waals surface area contributed by atoms with Crippen LogP contribution in [0.2, 0.25) is 0 Å². The van der Waals surface area contributed by atoms with Gasteiger partial charge in [-0.15, -0.1) is 20.4 Å². The lowest BCUT2D eigenvalue weighted by Crippen LogP contribution is -2.02. The van der Waals surface area contributed by atoms with Crippen LogP contribution in [0, 0.1) is 0 Å². The highest BCUT2D eigenvalue weighted by atomic mass is 16.4. The first-order valence-electron chi connectivity index (χ1n) is 41.6. The average Bonchev–Trinajstić information content (AvgIpc) is 1.57. The third kappa shape index (κ3) is 12.4. The summed E-state index contributed by atoms with van der Waals surface area (Å²) in [5, 5.41) is 27.4.